The zero-order valence-corrected chi connectivity index (χ0v) is 17.1. The summed E-state index contributed by atoms with van der Waals surface area (Å²) in [5.74, 6) is -0.760. The summed E-state index contributed by atoms with van der Waals surface area (Å²) in [6.45, 7) is 0.195. The monoisotopic (exact) mass is 434 g/mol. The summed E-state index contributed by atoms with van der Waals surface area (Å²) in [5, 5.41) is 8.90. The molecule has 1 saturated heterocycles. The summed E-state index contributed by atoms with van der Waals surface area (Å²) in [4.78, 5) is 42.8. The Balaban J connectivity index is 1.59. The number of amidine groups is 1. The molecule has 1 atom stereocenters. The van der Waals surface area contributed by atoms with E-state index >= 15 is 0 Å². The van der Waals surface area contributed by atoms with Crippen LogP contribution in [-0.4, -0.2) is 38.1 Å². The molecule has 1 N–H and O–H groups in total. The number of amides is 1. The minimum Gasteiger partial charge on any atom is -0.478 e. The third kappa shape index (κ3) is 4.75. The molecule has 0 radical (unpaired) electrons. The van der Waals surface area contributed by atoms with Crippen LogP contribution < -0.4 is 0 Å². The van der Waals surface area contributed by atoms with E-state index in [1.54, 1.807) is 48.5 Å². The lowest BCUT2D eigenvalue weighted by molar-refractivity contribution is -0.126. The molecule has 4 rings (SSSR count). The lowest BCUT2D eigenvalue weighted by atomic mass is 10.1. The van der Waals surface area contributed by atoms with Gasteiger partial charge in [-0.25, -0.2) is 9.79 Å². The van der Waals surface area contributed by atoms with Gasteiger partial charge in [-0.15, -0.1) is 0 Å². The zero-order chi connectivity index (χ0) is 21.8. The molecule has 1 amide bonds. The highest BCUT2D eigenvalue weighted by Gasteiger charge is 2.39. The second-order valence-electron chi connectivity index (χ2n) is 6.85. The minimum absolute atomic E-state index is 0.0547. The van der Waals surface area contributed by atoms with Crippen LogP contribution in [0.1, 0.15) is 32.9 Å². The van der Waals surface area contributed by atoms with Gasteiger partial charge in [0, 0.05) is 12.0 Å². The largest absolute Gasteiger partial charge is 0.478 e. The molecule has 7 nitrogen and oxygen atoms in total. The van der Waals surface area contributed by atoms with Crippen molar-refractivity contribution in [1.29, 1.82) is 0 Å². The number of aliphatic imine (C=N–C) groups is 1. The van der Waals surface area contributed by atoms with Gasteiger partial charge >= 0.3 is 5.97 Å². The van der Waals surface area contributed by atoms with E-state index < -0.39 is 11.2 Å². The number of aromatic carboxylic acids is 1. The summed E-state index contributed by atoms with van der Waals surface area (Å²) >= 11 is 1.22. The highest BCUT2D eigenvalue weighted by molar-refractivity contribution is 8.15. The lowest BCUT2D eigenvalue weighted by Crippen LogP contribution is -2.32. The van der Waals surface area contributed by atoms with Gasteiger partial charge in [-0.1, -0.05) is 42.1 Å². The maximum absolute atomic E-state index is 13.1. The van der Waals surface area contributed by atoms with Crippen molar-refractivity contribution >= 4 is 40.3 Å². The number of rotatable bonds is 7. The van der Waals surface area contributed by atoms with Gasteiger partial charge in [0.15, 0.2) is 11.0 Å². The molecule has 0 spiro atoms. The fourth-order valence-corrected chi connectivity index (χ4v) is 4.29. The summed E-state index contributed by atoms with van der Waals surface area (Å²) < 4.78 is 5.38. The smallest absolute Gasteiger partial charge is 0.335 e. The zero-order valence-electron chi connectivity index (χ0n) is 16.3. The lowest BCUT2D eigenvalue weighted by Gasteiger charge is -2.15. The molecule has 1 unspecified atom stereocenters. The van der Waals surface area contributed by atoms with Crippen molar-refractivity contribution in [3.8, 4) is 0 Å². The number of Topliss-reactive ketones (excluding diaryl/α,β-unsaturated/α-hetero) is 1. The van der Waals surface area contributed by atoms with Crippen LogP contribution in [0.4, 0.5) is 5.69 Å². The average Bonchev–Trinajstić information content (AvgIpc) is 3.39. The Morgan fingerprint density at radius 3 is 2.39 bits per heavy atom. The molecular formula is C23H18N2O5S. The quantitative estimate of drug-likeness (QED) is 0.554. The van der Waals surface area contributed by atoms with Crippen LogP contribution in [0.15, 0.2) is 82.4 Å². The van der Waals surface area contributed by atoms with E-state index in [0.717, 1.165) is 0 Å². The molecule has 0 aliphatic carbocycles. The fourth-order valence-electron chi connectivity index (χ4n) is 3.13. The van der Waals surface area contributed by atoms with Crippen molar-refractivity contribution in [2.45, 2.75) is 18.2 Å². The number of ketones is 1. The number of carboxylic acid groups (broad SMARTS) is 1. The maximum atomic E-state index is 13.1. The van der Waals surface area contributed by atoms with E-state index in [1.807, 2.05) is 6.07 Å². The van der Waals surface area contributed by atoms with Crippen LogP contribution >= 0.6 is 11.8 Å². The van der Waals surface area contributed by atoms with Gasteiger partial charge in [0.1, 0.15) is 5.76 Å². The predicted octanol–water partition coefficient (Wildman–Crippen LogP) is 4.38. The number of carboxylic acids is 1. The predicted molar refractivity (Wildman–Crippen MR) is 117 cm³/mol. The topological polar surface area (TPSA) is 100 Å². The Bertz CT molecular complexity index is 1120. The van der Waals surface area contributed by atoms with E-state index in [2.05, 4.69) is 4.99 Å². The third-order valence-electron chi connectivity index (χ3n) is 4.72. The van der Waals surface area contributed by atoms with Crippen molar-refractivity contribution in [2.24, 2.45) is 4.99 Å². The number of carbonyl (C=O) groups excluding carboxylic acids is 2. The van der Waals surface area contributed by atoms with Gasteiger partial charge in [-0.3, -0.25) is 14.5 Å². The second-order valence-corrected chi connectivity index (χ2v) is 8.02. The molecule has 156 valence electrons. The van der Waals surface area contributed by atoms with Crippen LogP contribution in [-0.2, 0) is 11.3 Å². The normalized spacial score (nSPS) is 17.3. The SMILES string of the molecule is O=C(O)c1ccc(N=C2SC(CC(=O)c3ccccc3)C(=O)N2Cc2ccco2)cc1. The molecule has 2 heterocycles. The maximum Gasteiger partial charge on any atom is 0.335 e. The second kappa shape index (κ2) is 9.01. The van der Waals surface area contributed by atoms with E-state index in [0.29, 0.717) is 22.2 Å². The first-order valence-corrected chi connectivity index (χ1v) is 10.4. The molecular weight excluding hydrogens is 416 g/mol. The number of benzene rings is 2. The molecule has 1 aliphatic heterocycles. The van der Waals surface area contributed by atoms with Gasteiger partial charge in [-0.2, -0.15) is 0 Å². The van der Waals surface area contributed by atoms with Crippen molar-refractivity contribution < 1.29 is 23.9 Å². The molecule has 1 aliphatic rings. The summed E-state index contributed by atoms with van der Waals surface area (Å²) in [5.41, 5.74) is 1.22. The van der Waals surface area contributed by atoms with Crippen LogP contribution in [0.2, 0.25) is 0 Å². The minimum atomic E-state index is -1.02. The number of furan rings is 1. The average molecular weight is 434 g/mol. The van der Waals surface area contributed by atoms with Crippen molar-refractivity contribution in [1.82, 2.24) is 4.90 Å². The van der Waals surface area contributed by atoms with Crippen LogP contribution in [0.5, 0.6) is 0 Å². The molecule has 2 aromatic carbocycles. The summed E-state index contributed by atoms with van der Waals surface area (Å²) in [7, 11) is 0. The van der Waals surface area contributed by atoms with Gasteiger partial charge in [0.25, 0.3) is 0 Å². The number of hydrogen-bond acceptors (Lipinski definition) is 6. The Morgan fingerprint density at radius 1 is 1.00 bits per heavy atom. The fraction of sp³-hybridized carbons (Fsp3) is 0.130. The van der Waals surface area contributed by atoms with Crippen LogP contribution in [0, 0.1) is 0 Å². The molecule has 1 aromatic heterocycles. The number of carbonyl (C=O) groups is 3. The van der Waals surface area contributed by atoms with Crippen LogP contribution in [0.3, 0.4) is 0 Å². The molecule has 1 fully saturated rings. The Kier molecular flexibility index (Phi) is 5.99. The summed E-state index contributed by atoms with van der Waals surface area (Å²) in [6, 6.07) is 18.4. The molecule has 3 aromatic rings. The Hall–Kier alpha value is -3.65. The van der Waals surface area contributed by atoms with Gasteiger partial charge in [0.2, 0.25) is 5.91 Å². The van der Waals surface area contributed by atoms with Crippen molar-refractivity contribution in [3.05, 3.63) is 89.9 Å². The molecule has 0 saturated carbocycles. The van der Waals surface area contributed by atoms with E-state index in [4.69, 9.17) is 9.52 Å². The number of nitrogens with zero attached hydrogens (tertiary/aromatic N) is 2. The van der Waals surface area contributed by atoms with E-state index in [1.165, 1.54) is 35.1 Å². The summed E-state index contributed by atoms with van der Waals surface area (Å²) in [6.07, 6.45) is 1.58. The Morgan fingerprint density at radius 2 is 1.74 bits per heavy atom. The van der Waals surface area contributed by atoms with E-state index in [9.17, 15) is 14.4 Å². The highest BCUT2D eigenvalue weighted by Crippen LogP contribution is 2.33. The number of thioether (sulfide) groups is 1. The third-order valence-corrected chi connectivity index (χ3v) is 5.89. The van der Waals surface area contributed by atoms with Gasteiger partial charge < -0.3 is 9.52 Å². The molecule has 31 heavy (non-hydrogen) atoms. The van der Waals surface area contributed by atoms with Gasteiger partial charge in [-0.05, 0) is 36.4 Å². The first-order chi connectivity index (χ1) is 15.0. The van der Waals surface area contributed by atoms with E-state index in [-0.39, 0.29) is 30.2 Å². The van der Waals surface area contributed by atoms with Crippen molar-refractivity contribution in [3.63, 3.8) is 0 Å². The molecule has 0 bridgehead atoms. The van der Waals surface area contributed by atoms with Gasteiger partial charge in [0.05, 0.1) is 29.3 Å². The number of hydrogen-bond donors (Lipinski definition) is 1. The van der Waals surface area contributed by atoms with Crippen molar-refractivity contribution in [2.75, 3.05) is 0 Å². The molecule has 8 heteroatoms. The van der Waals surface area contributed by atoms with Crippen LogP contribution in [0.25, 0.3) is 0 Å². The first kappa shape index (κ1) is 20.6. The first-order valence-electron chi connectivity index (χ1n) is 9.52. The highest BCUT2D eigenvalue weighted by atomic mass is 32.2. The standard InChI is InChI=1S/C23H18N2O5S/c26-19(15-5-2-1-3-6-15)13-20-21(27)25(14-18-7-4-12-30-18)23(31-20)24-17-10-8-16(9-11-17)22(28)29/h1-12,20H,13-14H2,(H,28,29). The Labute approximate surface area is 182 Å².